The van der Waals surface area contributed by atoms with Crippen molar-refractivity contribution < 1.29 is 24.6 Å². The topological polar surface area (TPSA) is 91.7 Å². The zero-order chi connectivity index (χ0) is 18.9. The molecule has 5 nitrogen and oxygen atoms in total. The molecule has 0 spiro atoms. The van der Waals surface area contributed by atoms with Crippen LogP contribution in [0.15, 0.2) is 12.2 Å². The third-order valence-corrected chi connectivity index (χ3v) is 8.49. The fourth-order valence-electron chi connectivity index (χ4n) is 7.05. The van der Waals surface area contributed by atoms with Crippen molar-refractivity contribution in [3.05, 3.63) is 12.2 Å². The SMILES string of the molecule is CC12C=CC(=O)CC1CCC1C2C(=O)CC2(C)C1CCC2(O)C(=O)CO. The minimum Gasteiger partial charge on any atom is -0.388 e. The molecule has 3 saturated carbocycles. The Labute approximate surface area is 153 Å². The monoisotopic (exact) mass is 360 g/mol. The Morgan fingerprint density at radius 3 is 2.65 bits per heavy atom. The van der Waals surface area contributed by atoms with Crippen LogP contribution in [0.3, 0.4) is 0 Å². The summed E-state index contributed by atoms with van der Waals surface area (Å²) in [5.41, 5.74) is -2.72. The summed E-state index contributed by atoms with van der Waals surface area (Å²) in [7, 11) is 0. The van der Waals surface area contributed by atoms with E-state index in [1.165, 1.54) is 0 Å². The van der Waals surface area contributed by atoms with E-state index in [0.717, 1.165) is 12.8 Å². The first kappa shape index (κ1) is 18.1. The number of hydrogen-bond donors (Lipinski definition) is 2. The lowest BCUT2D eigenvalue weighted by Crippen LogP contribution is -2.61. The molecule has 26 heavy (non-hydrogen) atoms. The van der Waals surface area contributed by atoms with Crippen LogP contribution in [0.1, 0.15) is 52.4 Å². The van der Waals surface area contributed by atoms with Gasteiger partial charge in [-0.2, -0.15) is 0 Å². The van der Waals surface area contributed by atoms with Gasteiger partial charge in [0.05, 0.1) is 0 Å². The standard InChI is InChI=1S/C21H28O5/c1-19-7-5-13(23)9-12(19)3-4-14-15-6-8-21(26,17(25)11-22)20(15,2)10-16(24)18(14)19/h5,7,12,14-15,18,22,26H,3-4,6,8-11H2,1-2H3. The van der Waals surface area contributed by atoms with E-state index < -0.39 is 23.4 Å². The summed E-state index contributed by atoms with van der Waals surface area (Å²) in [6, 6.07) is 0. The molecule has 0 saturated heterocycles. The summed E-state index contributed by atoms with van der Waals surface area (Å²) in [5.74, 6) is -0.0369. The van der Waals surface area contributed by atoms with Gasteiger partial charge in [0.1, 0.15) is 18.0 Å². The minimum atomic E-state index is -1.61. The minimum absolute atomic E-state index is 0.0921. The number of Topliss-reactive ketones (excluding diaryl/α,β-unsaturated/α-hetero) is 2. The van der Waals surface area contributed by atoms with Gasteiger partial charge in [-0.3, -0.25) is 14.4 Å². The maximum atomic E-state index is 13.3. The molecule has 3 fully saturated rings. The van der Waals surface area contributed by atoms with Crippen LogP contribution >= 0.6 is 0 Å². The smallest absolute Gasteiger partial charge is 0.190 e. The molecule has 4 aliphatic rings. The summed E-state index contributed by atoms with van der Waals surface area (Å²) in [6.07, 6.45) is 7.07. The lowest BCUT2D eigenvalue weighted by molar-refractivity contribution is -0.173. The largest absolute Gasteiger partial charge is 0.388 e. The molecule has 0 aromatic heterocycles. The van der Waals surface area contributed by atoms with Crippen molar-refractivity contribution in [3.63, 3.8) is 0 Å². The van der Waals surface area contributed by atoms with E-state index in [1.54, 1.807) is 6.08 Å². The van der Waals surface area contributed by atoms with Gasteiger partial charge in [0.15, 0.2) is 11.6 Å². The third-order valence-electron chi connectivity index (χ3n) is 8.49. The Bertz CT molecular complexity index is 711. The van der Waals surface area contributed by atoms with Crippen molar-refractivity contribution in [1.29, 1.82) is 0 Å². The van der Waals surface area contributed by atoms with Crippen LogP contribution in [0.25, 0.3) is 0 Å². The van der Waals surface area contributed by atoms with Crippen LogP contribution in [0.4, 0.5) is 0 Å². The second-order valence-electron chi connectivity index (χ2n) is 9.43. The quantitative estimate of drug-likeness (QED) is 0.784. The predicted octanol–water partition coefficient (Wildman–Crippen LogP) is 1.85. The molecular weight excluding hydrogens is 332 g/mol. The highest BCUT2D eigenvalue weighted by atomic mass is 16.3. The van der Waals surface area contributed by atoms with Gasteiger partial charge in [0.25, 0.3) is 0 Å². The van der Waals surface area contributed by atoms with Gasteiger partial charge < -0.3 is 10.2 Å². The molecule has 0 aromatic carbocycles. The van der Waals surface area contributed by atoms with Crippen LogP contribution in [0, 0.1) is 34.5 Å². The predicted molar refractivity (Wildman–Crippen MR) is 94.1 cm³/mol. The molecule has 0 bridgehead atoms. The summed E-state index contributed by atoms with van der Waals surface area (Å²) in [4.78, 5) is 37.5. The van der Waals surface area contributed by atoms with Crippen LogP contribution in [-0.2, 0) is 14.4 Å². The van der Waals surface area contributed by atoms with Gasteiger partial charge in [-0.15, -0.1) is 0 Å². The van der Waals surface area contributed by atoms with Gasteiger partial charge in [0, 0.05) is 24.2 Å². The van der Waals surface area contributed by atoms with E-state index in [9.17, 15) is 24.6 Å². The summed E-state index contributed by atoms with van der Waals surface area (Å²) in [6.45, 7) is 3.28. The molecule has 7 atom stereocenters. The molecule has 0 aliphatic heterocycles. The molecule has 0 amide bonds. The van der Waals surface area contributed by atoms with Crippen molar-refractivity contribution in [2.45, 2.75) is 58.0 Å². The highest BCUT2D eigenvalue weighted by molar-refractivity contribution is 5.94. The molecule has 4 rings (SSSR count). The summed E-state index contributed by atoms with van der Waals surface area (Å²) in [5, 5.41) is 20.5. The lowest BCUT2D eigenvalue weighted by Gasteiger charge is -2.58. The zero-order valence-corrected chi connectivity index (χ0v) is 15.5. The molecule has 0 radical (unpaired) electrons. The van der Waals surface area contributed by atoms with Crippen molar-refractivity contribution in [1.82, 2.24) is 0 Å². The third kappa shape index (κ3) is 2.07. The number of aliphatic hydroxyl groups is 2. The lowest BCUT2D eigenvalue weighted by atomic mass is 9.45. The Morgan fingerprint density at radius 2 is 1.96 bits per heavy atom. The Hall–Kier alpha value is -1.33. The first-order valence-corrected chi connectivity index (χ1v) is 9.79. The van der Waals surface area contributed by atoms with E-state index >= 15 is 0 Å². The molecule has 5 heteroatoms. The number of fused-ring (bicyclic) bond motifs is 5. The van der Waals surface area contributed by atoms with E-state index in [-0.39, 0.29) is 47.1 Å². The Morgan fingerprint density at radius 1 is 1.23 bits per heavy atom. The highest BCUT2D eigenvalue weighted by Gasteiger charge is 2.68. The van der Waals surface area contributed by atoms with E-state index in [1.807, 2.05) is 13.0 Å². The summed E-state index contributed by atoms with van der Waals surface area (Å²) >= 11 is 0. The van der Waals surface area contributed by atoms with Crippen molar-refractivity contribution in [3.8, 4) is 0 Å². The molecule has 0 heterocycles. The first-order valence-electron chi connectivity index (χ1n) is 9.79. The number of allylic oxidation sites excluding steroid dienone is 2. The van der Waals surface area contributed by atoms with Gasteiger partial charge in [-0.25, -0.2) is 0 Å². The zero-order valence-electron chi connectivity index (χ0n) is 15.5. The highest BCUT2D eigenvalue weighted by Crippen LogP contribution is 2.66. The number of ketones is 3. The van der Waals surface area contributed by atoms with E-state index in [4.69, 9.17) is 0 Å². The second-order valence-corrected chi connectivity index (χ2v) is 9.43. The Kier molecular flexibility index (Phi) is 3.88. The van der Waals surface area contributed by atoms with E-state index in [0.29, 0.717) is 19.3 Å². The molecule has 7 unspecified atom stereocenters. The molecule has 2 N–H and O–H groups in total. The van der Waals surface area contributed by atoms with Gasteiger partial charge in [-0.1, -0.05) is 19.9 Å². The number of carbonyl (C=O) groups is 3. The van der Waals surface area contributed by atoms with Crippen LogP contribution in [0.2, 0.25) is 0 Å². The van der Waals surface area contributed by atoms with Crippen LogP contribution in [-0.4, -0.2) is 39.8 Å². The maximum Gasteiger partial charge on any atom is 0.190 e. The van der Waals surface area contributed by atoms with Crippen molar-refractivity contribution in [2.75, 3.05) is 6.61 Å². The fourth-order valence-corrected chi connectivity index (χ4v) is 7.05. The normalized spacial score (nSPS) is 50.2. The van der Waals surface area contributed by atoms with Crippen LogP contribution in [0.5, 0.6) is 0 Å². The van der Waals surface area contributed by atoms with Crippen molar-refractivity contribution in [2.24, 2.45) is 34.5 Å². The number of carbonyl (C=O) groups excluding carboxylic acids is 3. The summed E-state index contributed by atoms with van der Waals surface area (Å²) < 4.78 is 0. The number of hydrogen-bond acceptors (Lipinski definition) is 5. The van der Waals surface area contributed by atoms with Gasteiger partial charge >= 0.3 is 0 Å². The first-order chi connectivity index (χ1) is 12.2. The van der Waals surface area contributed by atoms with E-state index in [2.05, 4.69) is 6.92 Å². The van der Waals surface area contributed by atoms with Gasteiger partial charge in [0.2, 0.25) is 0 Å². The second kappa shape index (κ2) is 5.59. The van der Waals surface area contributed by atoms with Crippen LogP contribution < -0.4 is 0 Å². The fraction of sp³-hybridized carbons (Fsp3) is 0.762. The molecular formula is C21H28O5. The number of rotatable bonds is 2. The average molecular weight is 360 g/mol. The Balaban J connectivity index is 1.74. The molecule has 142 valence electrons. The molecule has 4 aliphatic carbocycles. The van der Waals surface area contributed by atoms with Gasteiger partial charge in [-0.05, 0) is 54.9 Å². The number of aliphatic hydroxyl groups excluding tert-OH is 1. The maximum absolute atomic E-state index is 13.3. The molecule has 0 aromatic rings. The van der Waals surface area contributed by atoms with Crippen molar-refractivity contribution >= 4 is 17.3 Å². The average Bonchev–Trinajstić information content (AvgIpc) is 2.86.